The Balaban J connectivity index is 2.37. The van der Waals surface area contributed by atoms with Gasteiger partial charge in [0.1, 0.15) is 22.2 Å². The molecule has 1 atom stereocenters. The van der Waals surface area contributed by atoms with E-state index in [-0.39, 0.29) is 0 Å². The molecule has 1 aromatic heterocycles. The van der Waals surface area contributed by atoms with Crippen LogP contribution in [0, 0.1) is 11.6 Å². The molecule has 2 aromatic rings. The van der Waals surface area contributed by atoms with Gasteiger partial charge >= 0.3 is 0 Å². The Morgan fingerprint density at radius 2 is 1.88 bits per heavy atom. The van der Waals surface area contributed by atoms with E-state index in [1.165, 1.54) is 12.1 Å². The molecule has 0 bridgehead atoms. The van der Waals surface area contributed by atoms with Crippen molar-refractivity contribution in [3.63, 3.8) is 0 Å². The number of benzene rings is 1. The zero-order chi connectivity index (χ0) is 11.7. The van der Waals surface area contributed by atoms with E-state index in [1.807, 2.05) is 0 Å². The minimum Gasteiger partial charge on any atom is -0.453 e. The van der Waals surface area contributed by atoms with Gasteiger partial charge in [0.15, 0.2) is 4.67 Å². The second-order valence-corrected chi connectivity index (χ2v) is 4.87. The van der Waals surface area contributed by atoms with E-state index in [9.17, 15) is 8.78 Å². The lowest BCUT2D eigenvalue weighted by molar-refractivity contribution is 0.491. The molecule has 0 aliphatic heterocycles. The van der Waals surface area contributed by atoms with Crippen LogP contribution in [0.2, 0.25) is 0 Å². The summed E-state index contributed by atoms with van der Waals surface area (Å²) in [6, 6.07) is 6.88. The highest BCUT2D eigenvalue weighted by Gasteiger charge is 2.18. The van der Waals surface area contributed by atoms with Crippen LogP contribution in [0.15, 0.2) is 39.4 Å². The fourth-order valence-corrected chi connectivity index (χ4v) is 2.26. The summed E-state index contributed by atoms with van der Waals surface area (Å²) in [6.45, 7) is 0. The van der Waals surface area contributed by atoms with Gasteiger partial charge in [-0.3, -0.25) is 0 Å². The van der Waals surface area contributed by atoms with Gasteiger partial charge in [-0.15, -0.1) is 0 Å². The zero-order valence-electron chi connectivity index (χ0n) is 7.88. The highest BCUT2D eigenvalue weighted by atomic mass is 79.9. The molecule has 0 radical (unpaired) electrons. The van der Waals surface area contributed by atoms with Crippen LogP contribution < -0.4 is 0 Å². The third-order valence-corrected chi connectivity index (χ3v) is 3.45. The van der Waals surface area contributed by atoms with Crippen LogP contribution in [-0.2, 0) is 0 Å². The van der Waals surface area contributed by atoms with Crippen LogP contribution >= 0.6 is 31.9 Å². The normalized spacial score (nSPS) is 12.8. The Morgan fingerprint density at radius 1 is 1.12 bits per heavy atom. The molecule has 1 aromatic carbocycles. The molecule has 0 fully saturated rings. The standard InChI is InChI=1S/C11H6Br2F2O/c12-10-4-3-9(16-10)11(13)7-2-1-6(14)5-8(7)15/h1-5,11H. The monoisotopic (exact) mass is 350 g/mol. The van der Waals surface area contributed by atoms with E-state index < -0.39 is 16.5 Å². The largest absolute Gasteiger partial charge is 0.453 e. The molecule has 1 heterocycles. The van der Waals surface area contributed by atoms with Gasteiger partial charge < -0.3 is 4.42 Å². The molecular formula is C11H6Br2F2O. The van der Waals surface area contributed by atoms with Crippen molar-refractivity contribution in [2.75, 3.05) is 0 Å². The summed E-state index contributed by atoms with van der Waals surface area (Å²) >= 11 is 6.47. The van der Waals surface area contributed by atoms with Crippen molar-refractivity contribution in [2.45, 2.75) is 4.83 Å². The maximum atomic E-state index is 13.5. The molecule has 1 unspecified atom stereocenters. The van der Waals surface area contributed by atoms with Crippen molar-refractivity contribution in [3.8, 4) is 0 Å². The number of hydrogen-bond acceptors (Lipinski definition) is 1. The van der Waals surface area contributed by atoms with Crippen LogP contribution in [-0.4, -0.2) is 0 Å². The minimum absolute atomic E-state index is 0.336. The molecule has 0 N–H and O–H groups in total. The predicted octanol–water partition coefficient (Wildman–Crippen LogP) is 4.80. The third kappa shape index (κ3) is 2.35. The van der Waals surface area contributed by atoms with Gasteiger partial charge in [-0.25, -0.2) is 8.78 Å². The molecule has 2 rings (SSSR count). The van der Waals surface area contributed by atoms with Crippen molar-refractivity contribution < 1.29 is 13.2 Å². The Labute approximate surface area is 108 Å². The lowest BCUT2D eigenvalue weighted by Gasteiger charge is -2.08. The van der Waals surface area contributed by atoms with Crippen molar-refractivity contribution >= 4 is 31.9 Å². The first-order chi connectivity index (χ1) is 7.58. The van der Waals surface area contributed by atoms with Crippen LogP contribution in [0.3, 0.4) is 0 Å². The fraction of sp³-hybridized carbons (Fsp3) is 0.0909. The summed E-state index contributed by atoms with van der Waals surface area (Å²) in [4.78, 5) is -0.431. The lowest BCUT2D eigenvalue weighted by Crippen LogP contribution is -1.95. The fourth-order valence-electron chi connectivity index (χ4n) is 1.32. The molecule has 5 heteroatoms. The van der Waals surface area contributed by atoms with E-state index in [4.69, 9.17) is 4.42 Å². The SMILES string of the molecule is Fc1ccc(C(Br)c2ccc(Br)o2)c(F)c1. The Morgan fingerprint density at radius 3 is 2.44 bits per heavy atom. The van der Waals surface area contributed by atoms with Gasteiger partial charge in [0.25, 0.3) is 0 Å². The smallest absolute Gasteiger partial charge is 0.169 e. The molecule has 0 amide bonds. The summed E-state index contributed by atoms with van der Waals surface area (Å²) < 4.78 is 32.1. The predicted molar refractivity (Wildman–Crippen MR) is 63.5 cm³/mol. The van der Waals surface area contributed by atoms with Crippen molar-refractivity contribution in [1.82, 2.24) is 0 Å². The maximum Gasteiger partial charge on any atom is 0.169 e. The van der Waals surface area contributed by atoms with Gasteiger partial charge in [0.05, 0.1) is 0 Å². The van der Waals surface area contributed by atoms with Gasteiger partial charge in [-0.1, -0.05) is 22.0 Å². The Hall–Kier alpha value is -0.680. The molecular weight excluding hydrogens is 346 g/mol. The van der Waals surface area contributed by atoms with E-state index in [0.717, 1.165) is 6.07 Å². The summed E-state index contributed by atoms with van der Waals surface area (Å²) in [7, 11) is 0. The van der Waals surface area contributed by atoms with E-state index >= 15 is 0 Å². The first-order valence-electron chi connectivity index (χ1n) is 4.42. The van der Waals surface area contributed by atoms with E-state index in [1.54, 1.807) is 12.1 Å². The lowest BCUT2D eigenvalue weighted by atomic mass is 10.1. The average molecular weight is 352 g/mol. The Bertz CT molecular complexity index is 510. The molecule has 84 valence electrons. The first kappa shape index (κ1) is 11.8. The molecule has 0 spiro atoms. The number of rotatable bonds is 2. The number of alkyl halides is 1. The summed E-state index contributed by atoms with van der Waals surface area (Å²) in [6.07, 6.45) is 0. The quantitative estimate of drug-likeness (QED) is 0.708. The molecule has 16 heavy (non-hydrogen) atoms. The van der Waals surface area contributed by atoms with Crippen molar-refractivity contribution in [3.05, 3.63) is 58.0 Å². The van der Waals surface area contributed by atoms with Gasteiger partial charge in [0.2, 0.25) is 0 Å². The van der Waals surface area contributed by atoms with Crippen LogP contribution in [0.1, 0.15) is 16.2 Å². The molecule has 1 nitrogen and oxygen atoms in total. The molecule has 0 aliphatic rings. The van der Waals surface area contributed by atoms with E-state index in [0.29, 0.717) is 16.0 Å². The second kappa shape index (κ2) is 4.67. The zero-order valence-corrected chi connectivity index (χ0v) is 11.1. The maximum absolute atomic E-state index is 13.5. The second-order valence-electron chi connectivity index (χ2n) is 3.17. The van der Waals surface area contributed by atoms with E-state index in [2.05, 4.69) is 31.9 Å². The molecule has 0 saturated carbocycles. The number of furan rings is 1. The minimum atomic E-state index is -0.602. The van der Waals surface area contributed by atoms with Crippen molar-refractivity contribution in [1.29, 1.82) is 0 Å². The van der Waals surface area contributed by atoms with Gasteiger partial charge in [-0.2, -0.15) is 0 Å². The topological polar surface area (TPSA) is 13.1 Å². The Kier molecular flexibility index (Phi) is 3.44. The number of hydrogen-bond donors (Lipinski definition) is 0. The van der Waals surface area contributed by atoms with Crippen molar-refractivity contribution in [2.24, 2.45) is 0 Å². The molecule has 0 aliphatic carbocycles. The number of halogens is 4. The summed E-state index contributed by atoms with van der Waals surface area (Å²) in [5, 5.41) is 0. The first-order valence-corrected chi connectivity index (χ1v) is 6.13. The average Bonchev–Trinajstić information content (AvgIpc) is 2.64. The van der Waals surface area contributed by atoms with Crippen LogP contribution in [0.25, 0.3) is 0 Å². The highest BCUT2D eigenvalue weighted by molar-refractivity contribution is 9.10. The van der Waals surface area contributed by atoms with Gasteiger partial charge in [-0.05, 0) is 34.1 Å². The summed E-state index contributed by atoms with van der Waals surface area (Å²) in [5.41, 5.74) is 0.336. The van der Waals surface area contributed by atoms with Crippen LogP contribution in [0.4, 0.5) is 8.78 Å². The van der Waals surface area contributed by atoms with Gasteiger partial charge in [0, 0.05) is 11.6 Å². The molecule has 0 saturated heterocycles. The third-order valence-electron chi connectivity index (χ3n) is 2.08. The van der Waals surface area contributed by atoms with Crippen LogP contribution in [0.5, 0.6) is 0 Å². The summed E-state index contributed by atoms with van der Waals surface area (Å²) in [5.74, 6) is -0.645. The highest BCUT2D eigenvalue weighted by Crippen LogP contribution is 2.34.